The fourth-order valence-corrected chi connectivity index (χ4v) is 5.41. The molecular formula is C23H23F5N2O4S. The maximum absolute atomic E-state index is 15.5. The lowest BCUT2D eigenvalue weighted by Gasteiger charge is -2.29. The van der Waals surface area contributed by atoms with Crippen molar-refractivity contribution in [1.82, 2.24) is 9.62 Å². The molecule has 2 saturated heterocycles. The number of rotatable bonds is 6. The highest BCUT2D eigenvalue weighted by Gasteiger charge is 2.57. The molecule has 2 aromatic rings. The Morgan fingerprint density at radius 3 is 2.46 bits per heavy atom. The van der Waals surface area contributed by atoms with Gasteiger partial charge in [0.2, 0.25) is 10.0 Å². The van der Waals surface area contributed by atoms with Crippen molar-refractivity contribution in [2.45, 2.75) is 43.4 Å². The Morgan fingerprint density at radius 2 is 1.86 bits per heavy atom. The summed E-state index contributed by atoms with van der Waals surface area (Å²) < 4.78 is 104. The normalized spacial score (nSPS) is 24.2. The second kappa shape index (κ2) is 9.47. The molecule has 4 rings (SSSR count). The van der Waals surface area contributed by atoms with E-state index < -0.39 is 70.5 Å². The molecule has 0 aliphatic carbocycles. The number of likely N-dealkylation sites (tertiary alicyclic amines) is 1. The van der Waals surface area contributed by atoms with Crippen LogP contribution >= 0.6 is 0 Å². The number of sulfonamides is 1. The highest BCUT2D eigenvalue weighted by molar-refractivity contribution is 7.88. The molecule has 2 fully saturated rings. The van der Waals surface area contributed by atoms with Gasteiger partial charge in [0.25, 0.3) is 11.8 Å². The van der Waals surface area contributed by atoms with Crippen molar-refractivity contribution >= 4 is 15.9 Å². The second-order valence-electron chi connectivity index (χ2n) is 8.80. The zero-order valence-electron chi connectivity index (χ0n) is 18.6. The molecule has 1 amide bonds. The molecule has 2 aliphatic rings. The number of nitrogens with zero attached hydrogens (tertiary/aromatic N) is 1. The molecule has 2 heterocycles. The second-order valence-corrected chi connectivity index (χ2v) is 10.6. The topological polar surface area (TPSA) is 75.7 Å². The maximum atomic E-state index is 15.5. The van der Waals surface area contributed by atoms with E-state index in [-0.39, 0.29) is 23.3 Å². The lowest BCUT2D eigenvalue weighted by molar-refractivity contribution is -0.143. The van der Waals surface area contributed by atoms with E-state index in [9.17, 15) is 30.8 Å². The minimum atomic E-state index is -4.12. The van der Waals surface area contributed by atoms with Gasteiger partial charge in [-0.25, -0.2) is 35.1 Å². The number of hydrogen-bond acceptors (Lipinski definition) is 4. The van der Waals surface area contributed by atoms with Crippen molar-refractivity contribution < 1.29 is 39.9 Å². The third-order valence-electron chi connectivity index (χ3n) is 6.13. The molecule has 6 nitrogen and oxygen atoms in total. The average Bonchev–Trinajstić information content (AvgIpc) is 3.36. The number of amides is 1. The highest BCUT2D eigenvalue weighted by Crippen LogP contribution is 2.37. The van der Waals surface area contributed by atoms with Gasteiger partial charge in [0.05, 0.1) is 18.8 Å². The lowest BCUT2D eigenvalue weighted by Crippen LogP contribution is -2.53. The number of alkyl halides is 2. The summed E-state index contributed by atoms with van der Waals surface area (Å²) in [4.78, 5) is 13.8. The molecular weight excluding hydrogens is 495 g/mol. The Morgan fingerprint density at radius 1 is 1.17 bits per heavy atom. The lowest BCUT2D eigenvalue weighted by atomic mass is 9.95. The summed E-state index contributed by atoms with van der Waals surface area (Å²) in [7, 11) is -4.12. The standard InChI is InChI=1S/C23H23F5N2O4S/c1-35(32,33)29-21-18(30(12-23(21,27)28)22(31)19-6-3-7-34-19)10-13-4-2-5-17(20(13)26)14-8-15(24)11-16(25)9-14/h2,4-5,8-9,11,18-19,21,29H,3,6-7,10,12H2,1H3/t18-,19+,21+/m0/s1. The minimum absolute atomic E-state index is 0.100. The monoisotopic (exact) mass is 518 g/mol. The van der Waals surface area contributed by atoms with Gasteiger partial charge >= 0.3 is 0 Å². The van der Waals surface area contributed by atoms with Crippen LogP contribution in [-0.4, -0.2) is 62.7 Å². The fourth-order valence-electron chi connectivity index (χ4n) is 4.62. The van der Waals surface area contributed by atoms with Gasteiger partial charge in [0.1, 0.15) is 29.6 Å². The molecule has 35 heavy (non-hydrogen) atoms. The smallest absolute Gasteiger partial charge is 0.283 e. The van der Waals surface area contributed by atoms with Gasteiger partial charge in [0.15, 0.2) is 0 Å². The van der Waals surface area contributed by atoms with Crippen molar-refractivity contribution in [3.63, 3.8) is 0 Å². The summed E-state index contributed by atoms with van der Waals surface area (Å²) in [5, 5.41) is 0. The summed E-state index contributed by atoms with van der Waals surface area (Å²) >= 11 is 0. The molecule has 0 unspecified atom stereocenters. The van der Waals surface area contributed by atoms with Crippen LogP contribution in [0, 0.1) is 17.5 Å². The quantitative estimate of drug-likeness (QED) is 0.596. The molecule has 12 heteroatoms. The third-order valence-corrected chi connectivity index (χ3v) is 6.81. The van der Waals surface area contributed by atoms with E-state index in [1.54, 1.807) is 0 Å². The predicted molar refractivity (Wildman–Crippen MR) is 117 cm³/mol. The van der Waals surface area contributed by atoms with Gasteiger partial charge in [0, 0.05) is 18.2 Å². The van der Waals surface area contributed by atoms with E-state index in [0.717, 1.165) is 17.0 Å². The molecule has 0 radical (unpaired) electrons. The molecule has 0 spiro atoms. The first-order valence-corrected chi connectivity index (χ1v) is 12.8. The van der Waals surface area contributed by atoms with Crippen molar-refractivity contribution in [1.29, 1.82) is 0 Å². The first-order valence-electron chi connectivity index (χ1n) is 10.9. The summed E-state index contributed by atoms with van der Waals surface area (Å²) in [6.45, 7) is -0.781. The minimum Gasteiger partial charge on any atom is -0.368 e. The Hall–Kier alpha value is -2.57. The van der Waals surface area contributed by atoms with Crippen LogP contribution in [0.4, 0.5) is 22.0 Å². The first kappa shape index (κ1) is 25.5. The van der Waals surface area contributed by atoms with Gasteiger partial charge in [-0.05, 0) is 42.5 Å². The number of hydrogen-bond donors (Lipinski definition) is 1. The van der Waals surface area contributed by atoms with Crippen LogP contribution in [0.25, 0.3) is 11.1 Å². The fraction of sp³-hybridized carbons (Fsp3) is 0.435. The van der Waals surface area contributed by atoms with E-state index in [1.807, 2.05) is 4.72 Å². The van der Waals surface area contributed by atoms with E-state index in [2.05, 4.69) is 0 Å². The Kier molecular flexibility index (Phi) is 6.91. The predicted octanol–water partition coefficient (Wildman–Crippen LogP) is 3.26. The van der Waals surface area contributed by atoms with Crippen molar-refractivity contribution in [2.24, 2.45) is 0 Å². The number of halogens is 5. The number of nitrogens with one attached hydrogen (secondary N) is 1. The van der Waals surface area contributed by atoms with Gasteiger partial charge in [-0.3, -0.25) is 4.79 Å². The van der Waals surface area contributed by atoms with Crippen LogP contribution in [0.5, 0.6) is 0 Å². The van der Waals surface area contributed by atoms with Crippen molar-refractivity contribution in [2.75, 3.05) is 19.4 Å². The number of benzene rings is 2. The van der Waals surface area contributed by atoms with Gasteiger partial charge < -0.3 is 9.64 Å². The van der Waals surface area contributed by atoms with Crippen molar-refractivity contribution in [3.8, 4) is 11.1 Å². The van der Waals surface area contributed by atoms with Crippen LogP contribution < -0.4 is 4.72 Å². The summed E-state index contributed by atoms with van der Waals surface area (Å²) in [5.74, 6) is -7.14. The van der Waals surface area contributed by atoms with Crippen LogP contribution in [0.3, 0.4) is 0 Å². The van der Waals surface area contributed by atoms with Gasteiger partial charge in [-0.15, -0.1) is 0 Å². The van der Waals surface area contributed by atoms with Crippen LogP contribution in [0.1, 0.15) is 18.4 Å². The van der Waals surface area contributed by atoms with E-state index in [1.165, 1.54) is 18.2 Å². The Labute approximate surface area is 199 Å². The van der Waals surface area contributed by atoms with Crippen LogP contribution in [0.15, 0.2) is 36.4 Å². The van der Waals surface area contributed by atoms with E-state index in [0.29, 0.717) is 25.2 Å². The molecule has 3 atom stereocenters. The summed E-state index contributed by atoms with van der Waals surface area (Å²) in [6, 6.07) is 2.97. The third kappa shape index (κ3) is 5.49. The Bertz CT molecular complexity index is 1210. The van der Waals surface area contributed by atoms with Gasteiger partial charge in [-0.1, -0.05) is 18.2 Å². The van der Waals surface area contributed by atoms with E-state index >= 15 is 4.39 Å². The number of carbonyl (C=O) groups excluding carboxylic acids is 1. The zero-order valence-corrected chi connectivity index (χ0v) is 19.4. The summed E-state index contributed by atoms with van der Waals surface area (Å²) in [6.07, 6.45) is 0.185. The molecule has 190 valence electrons. The highest BCUT2D eigenvalue weighted by atomic mass is 32.2. The van der Waals surface area contributed by atoms with Crippen LogP contribution in [0.2, 0.25) is 0 Å². The molecule has 0 bridgehead atoms. The summed E-state index contributed by atoms with van der Waals surface area (Å²) in [5.41, 5.74) is -0.396. The molecule has 2 aliphatic heterocycles. The molecule has 0 aromatic heterocycles. The SMILES string of the molecule is CS(=O)(=O)N[C@@H]1[C@H](Cc2cccc(-c3cc(F)cc(F)c3)c2F)N(C(=O)[C@H]2CCCO2)CC1(F)F. The first-order chi connectivity index (χ1) is 16.4. The number of ether oxygens (including phenoxy) is 1. The van der Waals surface area contributed by atoms with Crippen LogP contribution in [-0.2, 0) is 26.0 Å². The molecule has 2 aromatic carbocycles. The Balaban J connectivity index is 1.73. The number of carbonyl (C=O) groups is 1. The molecule has 0 saturated carbocycles. The van der Waals surface area contributed by atoms with E-state index in [4.69, 9.17) is 4.74 Å². The maximum Gasteiger partial charge on any atom is 0.283 e. The largest absolute Gasteiger partial charge is 0.368 e. The average molecular weight is 519 g/mol. The van der Waals surface area contributed by atoms with Crippen molar-refractivity contribution in [3.05, 3.63) is 59.4 Å². The molecule has 1 N–H and O–H groups in total. The van der Waals surface area contributed by atoms with Gasteiger partial charge in [-0.2, -0.15) is 0 Å². The zero-order chi connectivity index (χ0) is 25.5.